The van der Waals surface area contributed by atoms with Crippen LogP contribution in [-0.2, 0) is 4.79 Å². The van der Waals surface area contributed by atoms with E-state index in [4.69, 9.17) is 16.3 Å². The maximum Gasteiger partial charge on any atom is 0.306 e. The number of nitrogens with zero attached hydrogens (tertiary/aromatic N) is 1. The highest BCUT2D eigenvalue weighted by atomic mass is 35.5. The smallest absolute Gasteiger partial charge is 0.306 e. The zero-order chi connectivity index (χ0) is 23.1. The van der Waals surface area contributed by atoms with Crippen molar-refractivity contribution < 1.29 is 14.6 Å². The summed E-state index contributed by atoms with van der Waals surface area (Å²) in [4.78, 5) is 14.1. The molecular weight excluding hydrogens is 434 g/mol. The third-order valence-corrected chi connectivity index (χ3v) is 9.07. The summed E-state index contributed by atoms with van der Waals surface area (Å²) in [5.74, 6) is 0.824. The number of ether oxygens (including phenoxy) is 1. The third-order valence-electron chi connectivity index (χ3n) is 8.68. The van der Waals surface area contributed by atoms with Crippen LogP contribution in [0.2, 0.25) is 5.02 Å². The van der Waals surface area contributed by atoms with Gasteiger partial charge in [-0.1, -0.05) is 43.1 Å². The molecule has 4 nitrogen and oxygen atoms in total. The van der Waals surface area contributed by atoms with Crippen LogP contribution in [0.25, 0.3) is 10.8 Å². The van der Waals surface area contributed by atoms with E-state index in [1.54, 1.807) is 0 Å². The van der Waals surface area contributed by atoms with Crippen molar-refractivity contribution >= 4 is 28.3 Å². The van der Waals surface area contributed by atoms with Crippen LogP contribution >= 0.6 is 11.6 Å². The topological polar surface area (TPSA) is 49.8 Å². The van der Waals surface area contributed by atoms with Gasteiger partial charge in [0.2, 0.25) is 0 Å². The quantitative estimate of drug-likeness (QED) is 0.484. The number of aliphatic carboxylic acids is 1. The molecule has 1 saturated carbocycles. The molecule has 0 spiro atoms. The van der Waals surface area contributed by atoms with Crippen molar-refractivity contribution in [3.8, 4) is 5.75 Å². The Morgan fingerprint density at radius 1 is 1.09 bits per heavy atom. The summed E-state index contributed by atoms with van der Waals surface area (Å²) in [5, 5.41) is 12.4. The molecule has 3 aliphatic rings. The second kappa shape index (κ2) is 9.46. The Morgan fingerprint density at radius 2 is 1.76 bits per heavy atom. The van der Waals surface area contributed by atoms with Crippen molar-refractivity contribution in [1.29, 1.82) is 0 Å². The second-order valence-corrected chi connectivity index (χ2v) is 10.9. The van der Waals surface area contributed by atoms with Crippen molar-refractivity contribution in [3.05, 3.63) is 40.9 Å². The highest BCUT2D eigenvalue weighted by molar-refractivity contribution is 6.37. The van der Waals surface area contributed by atoms with Gasteiger partial charge in [0.25, 0.3) is 0 Å². The fourth-order valence-electron chi connectivity index (χ4n) is 6.69. The van der Waals surface area contributed by atoms with Crippen molar-refractivity contribution in [2.24, 2.45) is 11.8 Å². The van der Waals surface area contributed by atoms with Crippen LogP contribution in [0.5, 0.6) is 5.75 Å². The van der Waals surface area contributed by atoms with E-state index in [0.29, 0.717) is 17.1 Å². The minimum absolute atomic E-state index is 0.191. The molecule has 2 saturated heterocycles. The van der Waals surface area contributed by atoms with Gasteiger partial charge in [-0.2, -0.15) is 0 Å². The van der Waals surface area contributed by atoms with Gasteiger partial charge >= 0.3 is 5.97 Å². The minimum atomic E-state index is -0.632. The van der Waals surface area contributed by atoms with Crippen molar-refractivity contribution in [3.63, 3.8) is 0 Å². The number of hydrogen-bond acceptors (Lipinski definition) is 3. The van der Waals surface area contributed by atoms with Gasteiger partial charge in [0.05, 0.1) is 17.0 Å². The molecule has 2 aromatic carbocycles. The van der Waals surface area contributed by atoms with Crippen molar-refractivity contribution in [2.45, 2.75) is 95.9 Å². The van der Waals surface area contributed by atoms with Gasteiger partial charge in [0.15, 0.2) is 0 Å². The van der Waals surface area contributed by atoms with Crippen LogP contribution in [0.4, 0.5) is 0 Å². The van der Waals surface area contributed by atoms with Crippen LogP contribution in [-0.4, -0.2) is 34.2 Å². The maximum absolute atomic E-state index is 11.6. The summed E-state index contributed by atoms with van der Waals surface area (Å²) in [6.07, 6.45) is 9.97. The Kier molecular flexibility index (Phi) is 6.59. The van der Waals surface area contributed by atoms with Crippen molar-refractivity contribution in [2.75, 3.05) is 0 Å². The van der Waals surface area contributed by atoms with Crippen LogP contribution in [0.3, 0.4) is 0 Å². The Labute approximate surface area is 202 Å². The van der Waals surface area contributed by atoms with Gasteiger partial charge in [0, 0.05) is 23.5 Å². The normalized spacial score (nSPS) is 30.9. The van der Waals surface area contributed by atoms with E-state index in [9.17, 15) is 9.90 Å². The van der Waals surface area contributed by atoms with Crippen LogP contribution < -0.4 is 4.74 Å². The first-order valence-corrected chi connectivity index (χ1v) is 13.2. The van der Waals surface area contributed by atoms with Gasteiger partial charge in [-0.15, -0.1) is 0 Å². The second-order valence-electron chi connectivity index (χ2n) is 10.5. The van der Waals surface area contributed by atoms with E-state index in [1.807, 2.05) is 6.07 Å². The Bertz CT molecular complexity index is 1000. The molecule has 2 aromatic rings. The highest BCUT2D eigenvalue weighted by Gasteiger charge is 2.45. The Morgan fingerprint density at radius 3 is 2.39 bits per heavy atom. The fraction of sp³-hybridized carbons (Fsp3) is 0.607. The lowest BCUT2D eigenvalue weighted by molar-refractivity contribution is -0.144. The number of benzene rings is 2. The molecule has 2 heterocycles. The van der Waals surface area contributed by atoms with Crippen LogP contribution in [0.1, 0.15) is 83.2 Å². The van der Waals surface area contributed by atoms with Gasteiger partial charge in [-0.25, -0.2) is 0 Å². The summed E-state index contributed by atoms with van der Waals surface area (Å²) < 4.78 is 6.38. The van der Waals surface area contributed by atoms with Gasteiger partial charge in [-0.3, -0.25) is 9.69 Å². The summed E-state index contributed by atoms with van der Waals surface area (Å²) >= 11 is 6.90. The van der Waals surface area contributed by atoms with E-state index >= 15 is 0 Å². The summed E-state index contributed by atoms with van der Waals surface area (Å²) in [6.45, 7) is 4.54. The number of hydrogen-bond donors (Lipinski definition) is 1. The SMILES string of the molecule is CC[C@H]1CC[C@@H](Oc2ccc3ccc(C(C)N4C5CCC4CC(C(=O)O)C5)cc3c2Cl)CC1. The number of carboxylic acid groups (broad SMARTS) is 1. The number of piperidine rings is 1. The third kappa shape index (κ3) is 4.49. The van der Waals surface area contributed by atoms with E-state index in [0.717, 1.165) is 61.0 Å². The summed E-state index contributed by atoms with van der Waals surface area (Å²) in [7, 11) is 0. The molecule has 178 valence electrons. The molecule has 3 unspecified atom stereocenters. The molecule has 0 amide bonds. The van der Waals surface area contributed by atoms with Gasteiger partial charge in [0.1, 0.15) is 5.75 Å². The number of rotatable bonds is 6. The van der Waals surface area contributed by atoms with Gasteiger partial charge < -0.3 is 9.84 Å². The lowest BCUT2D eigenvalue weighted by Gasteiger charge is -2.41. The molecule has 2 bridgehead atoms. The number of carbonyl (C=O) groups is 1. The number of halogens is 1. The van der Waals surface area contributed by atoms with Gasteiger partial charge in [-0.05, 0) is 87.3 Å². The first-order valence-electron chi connectivity index (χ1n) is 12.8. The van der Waals surface area contributed by atoms with E-state index in [2.05, 4.69) is 43.0 Å². The zero-order valence-electron chi connectivity index (χ0n) is 19.8. The van der Waals surface area contributed by atoms with Crippen LogP contribution in [0, 0.1) is 11.8 Å². The molecule has 1 N–H and O–H groups in total. The van der Waals surface area contributed by atoms with E-state index in [1.165, 1.54) is 24.8 Å². The fourth-order valence-corrected chi connectivity index (χ4v) is 6.96. The lowest BCUT2D eigenvalue weighted by atomic mass is 9.86. The molecule has 0 aromatic heterocycles. The average Bonchev–Trinajstić information content (AvgIpc) is 3.09. The highest BCUT2D eigenvalue weighted by Crippen LogP contribution is 2.44. The zero-order valence-corrected chi connectivity index (χ0v) is 20.6. The molecule has 1 aliphatic carbocycles. The lowest BCUT2D eigenvalue weighted by Crippen LogP contribution is -2.45. The largest absolute Gasteiger partial charge is 0.489 e. The Balaban J connectivity index is 1.36. The predicted molar refractivity (Wildman–Crippen MR) is 133 cm³/mol. The number of carboxylic acids is 1. The minimum Gasteiger partial charge on any atom is -0.489 e. The molecule has 3 fully saturated rings. The molecule has 3 atom stereocenters. The monoisotopic (exact) mass is 469 g/mol. The predicted octanol–water partition coefficient (Wildman–Crippen LogP) is 7.23. The summed E-state index contributed by atoms with van der Waals surface area (Å²) in [6, 6.07) is 11.7. The molecule has 2 aliphatic heterocycles. The van der Waals surface area contributed by atoms with E-state index < -0.39 is 5.97 Å². The maximum atomic E-state index is 11.6. The molecule has 33 heavy (non-hydrogen) atoms. The molecule has 0 radical (unpaired) electrons. The first-order chi connectivity index (χ1) is 15.9. The molecule has 5 heteroatoms. The first kappa shape index (κ1) is 23.0. The summed E-state index contributed by atoms with van der Waals surface area (Å²) in [5.41, 5.74) is 1.25. The number of fused-ring (bicyclic) bond motifs is 3. The standard InChI is InChI=1S/C28H36ClNO3/c1-3-18-4-11-24(12-5-18)33-26-13-8-19-6-7-20(16-25(19)27(26)29)17(2)30-22-9-10-23(30)15-21(14-22)28(31)32/h6-8,13,16-18,21-24H,3-5,9-12,14-15H2,1-2H3,(H,31,32)/t17?,18-,21?,22?,23?,24+. The van der Waals surface area contributed by atoms with E-state index in [-0.39, 0.29) is 18.1 Å². The molecule has 5 rings (SSSR count). The molecular formula is C28H36ClNO3. The Hall–Kier alpha value is -1.78. The van der Waals surface area contributed by atoms with Crippen LogP contribution in [0.15, 0.2) is 30.3 Å². The van der Waals surface area contributed by atoms with Crippen molar-refractivity contribution in [1.82, 2.24) is 4.90 Å². The average molecular weight is 470 g/mol.